The Balaban J connectivity index is 0.000000624. The van der Waals surface area contributed by atoms with Crippen LogP contribution in [0, 0.1) is 24.0 Å². The highest BCUT2D eigenvalue weighted by Gasteiger charge is 2.28. The molecule has 46 heavy (non-hydrogen) atoms. The lowest BCUT2D eigenvalue weighted by Gasteiger charge is -2.36. The molecule has 1 saturated carbocycles. The molecule has 1 aliphatic heterocycles. The van der Waals surface area contributed by atoms with E-state index in [-0.39, 0.29) is 17.9 Å². The molecule has 2 aliphatic rings. The van der Waals surface area contributed by atoms with Crippen molar-refractivity contribution in [3.05, 3.63) is 102 Å². The number of amides is 1. The Labute approximate surface area is 273 Å². The van der Waals surface area contributed by atoms with Crippen LogP contribution in [0.2, 0.25) is 0 Å². The van der Waals surface area contributed by atoms with Crippen molar-refractivity contribution in [2.45, 2.75) is 58.5 Å². The molecule has 1 unspecified atom stereocenters. The first-order valence-corrected chi connectivity index (χ1v) is 16.7. The molecule has 1 aromatic heterocycles. The van der Waals surface area contributed by atoms with E-state index in [1.165, 1.54) is 32.1 Å². The minimum absolute atomic E-state index is 0.0160. The van der Waals surface area contributed by atoms with E-state index in [1.807, 2.05) is 66.7 Å². The van der Waals surface area contributed by atoms with E-state index in [0.29, 0.717) is 19.0 Å². The first-order chi connectivity index (χ1) is 22.4. The number of pyridine rings is 1. The maximum Gasteiger partial charge on any atom is 0.307 e. The topological polar surface area (TPSA) is 85.8 Å². The smallest absolute Gasteiger partial charge is 0.307 e. The largest absolute Gasteiger partial charge is 0.481 e. The SMILES string of the molecule is CC(CN1CCN(Cc2c(-c3ccccc3)nc3ccccc3c2C(=O)N[C@@H](C)C2CCCCC2)CC1)C(=O)O.c1ccccc#1. The number of carbonyl (C=O) groups excluding carboxylic acids is 1. The van der Waals surface area contributed by atoms with Gasteiger partial charge in [-0.2, -0.15) is 0 Å². The van der Waals surface area contributed by atoms with Crippen LogP contribution in [0.3, 0.4) is 0 Å². The molecule has 2 heterocycles. The number of benzene rings is 2. The van der Waals surface area contributed by atoms with Crippen molar-refractivity contribution in [2.75, 3.05) is 32.7 Å². The number of nitrogens with one attached hydrogen (secondary N) is 1. The van der Waals surface area contributed by atoms with Gasteiger partial charge in [0.25, 0.3) is 5.91 Å². The van der Waals surface area contributed by atoms with Crippen molar-refractivity contribution in [1.29, 1.82) is 0 Å². The van der Waals surface area contributed by atoms with Crippen LogP contribution in [0.15, 0.2) is 78.9 Å². The Bertz CT molecular complexity index is 1520. The lowest BCUT2D eigenvalue weighted by atomic mass is 9.84. The first kappa shape index (κ1) is 33.1. The molecule has 2 N–H and O–H groups in total. The van der Waals surface area contributed by atoms with Gasteiger partial charge in [-0.15, -0.1) is 0 Å². The molecule has 240 valence electrons. The highest BCUT2D eigenvalue weighted by molar-refractivity contribution is 6.09. The molecule has 6 rings (SSSR count). The van der Waals surface area contributed by atoms with Gasteiger partial charge in [0, 0.05) is 61.8 Å². The lowest BCUT2D eigenvalue weighted by molar-refractivity contribution is -0.141. The van der Waals surface area contributed by atoms with E-state index in [1.54, 1.807) is 6.92 Å². The average molecular weight is 619 g/mol. The molecule has 1 saturated heterocycles. The van der Waals surface area contributed by atoms with E-state index in [4.69, 9.17) is 4.98 Å². The Morgan fingerprint density at radius 1 is 0.870 bits per heavy atom. The number of aromatic nitrogens is 1. The third kappa shape index (κ3) is 8.72. The van der Waals surface area contributed by atoms with E-state index >= 15 is 0 Å². The second kappa shape index (κ2) is 16.4. The van der Waals surface area contributed by atoms with Gasteiger partial charge < -0.3 is 10.4 Å². The number of para-hydroxylation sites is 1. The summed E-state index contributed by atoms with van der Waals surface area (Å²) in [4.78, 5) is 35.2. The number of carboxylic acids is 1. The van der Waals surface area contributed by atoms with Crippen LogP contribution in [-0.2, 0) is 11.3 Å². The zero-order valence-corrected chi connectivity index (χ0v) is 27.1. The summed E-state index contributed by atoms with van der Waals surface area (Å²) in [5, 5.41) is 13.6. The van der Waals surface area contributed by atoms with Gasteiger partial charge in [0.1, 0.15) is 0 Å². The number of carbonyl (C=O) groups is 2. The number of hydrogen-bond acceptors (Lipinski definition) is 5. The second-order valence-corrected chi connectivity index (χ2v) is 12.7. The summed E-state index contributed by atoms with van der Waals surface area (Å²) >= 11 is 0. The quantitative estimate of drug-likeness (QED) is 0.217. The third-order valence-corrected chi connectivity index (χ3v) is 9.34. The van der Waals surface area contributed by atoms with Crippen molar-refractivity contribution in [1.82, 2.24) is 20.1 Å². The maximum absolute atomic E-state index is 14.2. The standard InChI is InChI=1S/C33H42N4O3.C6H4/c1-23(33(39)40)21-36-17-19-37(20-18-36)22-28-30(32(38)34-24(2)25-11-5-3-6-12-25)27-15-9-10-16-29(27)35-31(28)26-13-7-4-8-14-26;1-2-4-6-5-3-1/h4,7-10,13-16,23-25H,3,5-6,11-12,17-22H2,1-2H3,(H,34,38)(H,39,40);1-4H/t23?,24-;/m0./s1. The number of nitrogens with zero attached hydrogens (tertiary/aromatic N) is 3. The maximum atomic E-state index is 14.2. The molecule has 1 aliphatic carbocycles. The zero-order chi connectivity index (χ0) is 32.3. The molecule has 7 nitrogen and oxygen atoms in total. The van der Waals surface area contributed by atoms with Crippen LogP contribution in [0.1, 0.15) is 61.9 Å². The molecule has 2 atom stereocenters. The zero-order valence-electron chi connectivity index (χ0n) is 27.1. The molecule has 7 heteroatoms. The van der Waals surface area contributed by atoms with Gasteiger partial charge in [-0.05, 0) is 43.9 Å². The molecule has 0 bridgehead atoms. The van der Waals surface area contributed by atoms with Gasteiger partial charge in [-0.1, -0.05) is 99.0 Å². The summed E-state index contributed by atoms with van der Waals surface area (Å²) in [5.74, 6) is -0.639. The number of piperazine rings is 1. The fraction of sp³-hybridized carbons (Fsp3) is 0.410. The Hall–Kier alpha value is -4.25. The van der Waals surface area contributed by atoms with E-state index in [0.717, 1.165) is 59.5 Å². The van der Waals surface area contributed by atoms with Crippen molar-refractivity contribution in [2.24, 2.45) is 11.8 Å². The number of carboxylic acid groups (broad SMARTS) is 1. The molecule has 0 spiro atoms. The molecule has 4 aromatic rings. The third-order valence-electron chi connectivity index (χ3n) is 9.34. The van der Waals surface area contributed by atoms with Gasteiger partial charge in [0.15, 0.2) is 0 Å². The molecule has 1 amide bonds. The fourth-order valence-corrected chi connectivity index (χ4v) is 6.65. The van der Waals surface area contributed by atoms with E-state index < -0.39 is 5.97 Å². The van der Waals surface area contributed by atoms with Crippen molar-refractivity contribution < 1.29 is 14.7 Å². The average Bonchev–Trinajstić information content (AvgIpc) is 3.10. The number of hydrogen-bond donors (Lipinski definition) is 2. The van der Waals surface area contributed by atoms with E-state index in [2.05, 4.69) is 46.3 Å². The first-order valence-electron chi connectivity index (χ1n) is 16.7. The minimum atomic E-state index is -0.754. The fourth-order valence-electron chi connectivity index (χ4n) is 6.65. The van der Waals surface area contributed by atoms with Crippen LogP contribution in [0.4, 0.5) is 0 Å². The van der Waals surface area contributed by atoms with Crippen LogP contribution < -0.4 is 5.32 Å². The summed E-state index contributed by atoms with van der Waals surface area (Å²) in [5.41, 5.74) is 4.39. The monoisotopic (exact) mass is 618 g/mol. The summed E-state index contributed by atoms with van der Waals surface area (Å²) in [7, 11) is 0. The molecule has 2 fully saturated rings. The number of fused-ring (bicyclic) bond motifs is 1. The molecule has 0 radical (unpaired) electrons. The Morgan fingerprint density at radius 2 is 1.50 bits per heavy atom. The predicted molar refractivity (Wildman–Crippen MR) is 183 cm³/mol. The Morgan fingerprint density at radius 3 is 2.13 bits per heavy atom. The van der Waals surface area contributed by atoms with Gasteiger partial charge in [0.05, 0.1) is 22.7 Å². The minimum Gasteiger partial charge on any atom is -0.481 e. The highest BCUT2D eigenvalue weighted by Crippen LogP contribution is 2.33. The van der Waals surface area contributed by atoms with Crippen LogP contribution in [-0.4, -0.2) is 70.5 Å². The number of rotatable bonds is 9. The summed E-state index contributed by atoms with van der Waals surface area (Å²) in [6.07, 6.45) is 6.11. The van der Waals surface area contributed by atoms with Gasteiger partial charge in [-0.25, -0.2) is 4.98 Å². The highest BCUT2D eigenvalue weighted by atomic mass is 16.4. The van der Waals surface area contributed by atoms with Crippen LogP contribution in [0.25, 0.3) is 22.2 Å². The van der Waals surface area contributed by atoms with Crippen LogP contribution >= 0.6 is 0 Å². The lowest BCUT2D eigenvalue weighted by Crippen LogP contribution is -2.48. The van der Waals surface area contributed by atoms with Crippen molar-refractivity contribution in [3.63, 3.8) is 0 Å². The number of aliphatic carboxylic acids is 1. The molecule has 3 aromatic carbocycles. The summed E-state index contributed by atoms with van der Waals surface area (Å²) in [6, 6.07) is 31.3. The van der Waals surface area contributed by atoms with Crippen molar-refractivity contribution >= 4 is 22.8 Å². The molecular weight excluding hydrogens is 572 g/mol. The summed E-state index contributed by atoms with van der Waals surface area (Å²) < 4.78 is 0. The Kier molecular flexibility index (Phi) is 11.8. The van der Waals surface area contributed by atoms with E-state index in [9.17, 15) is 14.7 Å². The molecular formula is C39H46N4O3. The summed E-state index contributed by atoms with van der Waals surface area (Å²) in [6.45, 7) is 8.33. The van der Waals surface area contributed by atoms with Gasteiger partial charge in [0.2, 0.25) is 0 Å². The van der Waals surface area contributed by atoms with Crippen LogP contribution in [0.5, 0.6) is 0 Å². The predicted octanol–water partition coefficient (Wildman–Crippen LogP) is 6.73. The van der Waals surface area contributed by atoms with Crippen molar-refractivity contribution in [3.8, 4) is 11.3 Å². The normalized spacial score (nSPS) is 17.3. The second-order valence-electron chi connectivity index (χ2n) is 12.7. The van der Waals surface area contributed by atoms with Gasteiger partial charge >= 0.3 is 5.97 Å². The van der Waals surface area contributed by atoms with Gasteiger partial charge in [-0.3, -0.25) is 19.4 Å².